The topological polar surface area (TPSA) is 114 Å². The summed E-state index contributed by atoms with van der Waals surface area (Å²) in [6, 6.07) is 20.6. The van der Waals surface area contributed by atoms with Crippen LogP contribution in [0, 0.1) is 0 Å². The van der Waals surface area contributed by atoms with Crippen molar-refractivity contribution in [3.63, 3.8) is 0 Å². The van der Waals surface area contributed by atoms with E-state index in [9.17, 15) is 18.0 Å². The van der Waals surface area contributed by atoms with Crippen LogP contribution in [0.25, 0.3) is 0 Å². The number of anilines is 1. The molecule has 1 atom stereocenters. The Bertz CT molecular complexity index is 1530. The van der Waals surface area contributed by atoms with Crippen molar-refractivity contribution >= 4 is 27.5 Å². The molecule has 236 valence electrons. The van der Waals surface area contributed by atoms with Crippen LogP contribution in [0.5, 0.6) is 17.2 Å². The summed E-state index contributed by atoms with van der Waals surface area (Å²) in [7, 11) is 0.504. The number of ether oxygens (including phenoxy) is 3. The first-order chi connectivity index (χ1) is 21.1. The number of carbonyl (C=O) groups excluding carboxylic acids is 2. The van der Waals surface area contributed by atoms with Crippen LogP contribution in [0.3, 0.4) is 0 Å². The Kier molecular flexibility index (Phi) is 11.1. The second kappa shape index (κ2) is 15.0. The Balaban J connectivity index is 1.76. The highest BCUT2D eigenvalue weighted by Crippen LogP contribution is 2.34. The second-order valence-corrected chi connectivity index (χ2v) is 12.8. The molecule has 0 aliphatic heterocycles. The van der Waals surface area contributed by atoms with Crippen LogP contribution in [-0.2, 0) is 32.6 Å². The molecule has 1 aliphatic carbocycles. The number of methoxy groups -OCH3 is 3. The van der Waals surface area contributed by atoms with E-state index in [1.165, 1.54) is 25.2 Å². The number of hydrogen-bond acceptors (Lipinski definition) is 7. The van der Waals surface area contributed by atoms with E-state index in [-0.39, 0.29) is 36.4 Å². The van der Waals surface area contributed by atoms with Crippen LogP contribution >= 0.6 is 0 Å². The van der Waals surface area contributed by atoms with Gasteiger partial charge in [0, 0.05) is 25.1 Å². The molecule has 10 nitrogen and oxygen atoms in total. The van der Waals surface area contributed by atoms with E-state index in [4.69, 9.17) is 14.2 Å². The number of nitrogens with one attached hydrogen (secondary N) is 1. The molecule has 0 unspecified atom stereocenters. The molecule has 1 aliphatic rings. The van der Waals surface area contributed by atoms with Gasteiger partial charge < -0.3 is 24.4 Å². The van der Waals surface area contributed by atoms with E-state index in [0.717, 1.165) is 47.4 Å². The van der Waals surface area contributed by atoms with E-state index in [1.54, 1.807) is 31.4 Å². The number of hydrogen-bond donors (Lipinski definition) is 1. The minimum atomic E-state index is -3.96. The second-order valence-electron chi connectivity index (χ2n) is 10.9. The van der Waals surface area contributed by atoms with Crippen LogP contribution in [0.1, 0.15) is 36.8 Å². The Hall–Kier alpha value is -4.25. The first-order valence-corrected chi connectivity index (χ1v) is 16.4. The fraction of sp³-hybridized carbons (Fsp3) is 0.394. The lowest BCUT2D eigenvalue weighted by Crippen LogP contribution is -2.54. The van der Waals surface area contributed by atoms with Gasteiger partial charge in [0.2, 0.25) is 21.8 Å². The molecule has 1 saturated carbocycles. The highest BCUT2D eigenvalue weighted by molar-refractivity contribution is 7.92. The Morgan fingerprint density at radius 1 is 0.864 bits per heavy atom. The smallest absolute Gasteiger partial charge is 0.244 e. The average Bonchev–Trinajstić information content (AvgIpc) is 3.54. The summed E-state index contributed by atoms with van der Waals surface area (Å²) in [6.45, 7) is -0.490. The van der Waals surface area contributed by atoms with Crippen LogP contribution in [0.2, 0.25) is 0 Å². The molecule has 0 aromatic heterocycles. The largest absolute Gasteiger partial charge is 0.497 e. The number of sulfonamides is 1. The molecule has 44 heavy (non-hydrogen) atoms. The molecule has 0 spiro atoms. The van der Waals surface area contributed by atoms with Gasteiger partial charge in [0.05, 0.1) is 33.3 Å². The number of benzene rings is 3. The quantitative estimate of drug-likeness (QED) is 0.287. The van der Waals surface area contributed by atoms with E-state index in [0.29, 0.717) is 11.5 Å². The maximum Gasteiger partial charge on any atom is 0.244 e. The predicted molar refractivity (Wildman–Crippen MR) is 170 cm³/mol. The zero-order chi connectivity index (χ0) is 31.7. The maximum atomic E-state index is 14.4. The van der Waals surface area contributed by atoms with Gasteiger partial charge >= 0.3 is 0 Å². The molecule has 0 bridgehead atoms. The predicted octanol–water partition coefficient (Wildman–Crippen LogP) is 4.18. The normalized spacial score (nSPS) is 14.0. The minimum Gasteiger partial charge on any atom is -0.497 e. The number of carbonyl (C=O) groups is 2. The van der Waals surface area contributed by atoms with Gasteiger partial charge in [-0.2, -0.15) is 0 Å². The van der Waals surface area contributed by atoms with Crippen LogP contribution in [0.4, 0.5) is 5.69 Å². The van der Waals surface area contributed by atoms with Crippen molar-refractivity contribution in [2.24, 2.45) is 0 Å². The molecular formula is C33H41N3O7S. The van der Waals surface area contributed by atoms with E-state index in [1.807, 2.05) is 42.5 Å². The Morgan fingerprint density at radius 3 is 2.16 bits per heavy atom. The zero-order valence-electron chi connectivity index (χ0n) is 25.7. The average molecular weight is 624 g/mol. The molecule has 3 aromatic carbocycles. The molecule has 1 fully saturated rings. The van der Waals surface area contributed by atoms with E-state index < -0.39 is 28.5 Å². The van der Waals surface area contributed by atoms with Crippen LogP contribution in [-0.4, -0.2) is 71.3 Å². The highest BCUT2D eigenvalue weighted by atomic mass is 32.2. The fourth-order valence-electron chi connectivity index (χ4n) is 5.47. The van der Waals surface area contributed by atoms with E-state index in [2.05, 4.69) is 5.32 Å². The van der Waals surface area contributed by atoms with Crippen molar-refractivity contribution in [3.05, 3.63) is 83.9 Å². The minimum absolute atomic E-state index is 0.0330. The standard InChI is InChI=1S/C33H41N3O7S/c1-41-27-16-10-13-25(19-27)22-35(30(20-24-11-6-5-7-12-24)33(38)34-26-14-8-9-15-26)32(37)23-36(44(4,39)40)29-18-17-28(42-2)21-31(29)43-3/h5-7,10-13,16-19,21,26,30H,8-9,14-15,20,22-23H2,1-4H3,(H,34,38)/t30-/m1/s1. The van der Waals surface area contributed by atoms with Gasteiger partial charge in [-0.25, -0.2) is 8.42 Å². The molecule has 0 saturated heterocycles. The van der Waals surface area contributed by atoms with Crippen molar-refractivity contribution in [1.29, 1.82) is 0 Å². The monoisotopic (exact) mass is 623 g/mol. The van der Waals surface area contributed by atoms with Crippen molar-refractivity contribution in [2.45, 2.75) is 50.7 Å². The summed E-state index contributed by atoms with van der Waals surface area (Å²) in [5, 5.41) is 3.17. The van der Waals surface area contributed by atoms with Crippen molar-refractivity contribution in [1.82, 2.24) is 10.2 Å². The summed E-state index contributed by atoms with van der Waals surface area (Å²) < 4.78 is 43.5. The third-order valence-corrected chi connectivity index (χ3v) is 8.92. The SMILES string of the molecule is COc1cccc(CN(C(=O)CN(c2ccc(OC)cc2OC)S(C)(=O)=O)[C@H](Cc2ccccc2)C(=O)NC2CCCC2)c1. The van der Waals surface area contributed by atoms with Crippen LogP contribution < -0.4 is 23.8 Å². The van der Waals surface area contributed by atoms with Gasteiger partial charge in [0.1, 0.15) is 29.8 Å². The molecule has 0 radical (unpaired) electrons. The molecule has 4 rings (SSSR count). The third kappa shape index (κ3) is 8.43. The molecule has 11 heteroatoms. The van der Waals surface area contributed by atoms with E-state index >= 15 is 0 Å². The van der Waals surface area contributed by atoms with Crippen molar-refractivity contribution in [2.75, 3.05) is 38.4 Å². The third-order valence-electron chi connectivity index (χ3n) is 7.79. The summed E-state index contributed by atoms with van der Waals surface area (Å²) >= 11 is 0. The number of rotatable bonds is 14. The molecule has 0 heterocycles. The van der Waals surface area contributed by atoms with Crippen LogP contribution in [0.15, 0.2) is 72.8 Å². The Morgan fingerprint density at radius 2 is 1.52 bits per heavy atom. The molecule has 2 amide bonds. The van der Waals surface area contributed by atoms with Gasteiger partial charge in [-0.05, 0) is 48.2 Å². The van der Waals surface area contributed by atoms with Crippen molar-refractivity contribution in [3.8, 4) is 17.2 Å². The van der Waals surface area contributed by atoms with Gasteiger partial charge in [0.25, 0.3) is 0 Å². The van der Waals surface area contributed by atoms with Gasteiger partial charge in [-0.1, -0.05) is 55.3 Å². The maximum absolute atomic E-state index is 14.4. The van der Waals surface area contributed by atoms with Gasteiger partial charge in [-0.3, -0.25) is 13.9 Å². The summed E-state index contributed by atoms with van der Waals surface area (Å²) in [6.07, 6.45) is 5.12. The summed E-state index contributed by atoms with van der Waals surface area (Å²) in [5.74, 6) is 0.479. The van der Waals surface area contributed by atoms with Gasteiger partial charge in [0.15, 0.2) is 0 Å². The summed E-state index contributed by atoms with van der Waals surface area (Å²) in [5.41, 5.74) is 1.79. The summed E-state index contributed by atoms with van der Waals surface area (Å²) in [4.78, 5) is 29.8. The lowest BCUT2D eigenvalue weighted by atomic mass is 10.0. The first-order valence-electron chi connectivity index (χ1n) is 14.6. The van der Waals surface area contributed by atoms with Crippen molar-refractivity contribution < 1.29 is 32.2 Å². The first kappa shape index (κ1) is 32.7. The highest BCUT2D eigenvalue weighted by Gasteiger charge is 2.35. The fourth-order valence-corrected chi connectivity index (χ4v) is 6.33. The number of nitrogens with zero attached hydrogens (tertiary/aromatic N) is 2. The zero-order valence-corrected chi connectivity index (χ0v) is 26.5. The number of amides is 2. The lowest BCUT2D eigenvalue weighted by Gasteiger charge is -2.34. The molecule has 3 aromatic rings. The molecular weight excluding hydrogens is 582 g/mol. The van der Waals surface area contributed by atoms with Gasteiger partial charge in [-0.15, -0.1) is 0 Å². The Labute approximate surface area is 260 Å². The lowest BCUT2D eigenvalue weighted by molar-refractivity contribution is -0.140. The molecule has 1 N–H and O–H groups in total.